The van der Waals surface area contributed by atoms with Crippen molar-refractivity contribution in [2.45, 2.75) is 51.7 Å². The van der Waals surface area contributed by atoms with Crippen molar-refractivity contribution < 1.29 is 23.8 Å². The van der Waals surface area contributed by atoms with Crippen LogP contribution in [0.15, 0.2) is 42.5 Å². The first-order valence-electron chi connectivity index (χ1n) is 10.4. The van der Waals surface area contributed by atoms with Gasteiger partial charge in [0, 0.05) is 19.2 Å². The average Bonchev–Trinajstić information content (AvgIpc) is 2.72. The highest BCUT2D eigenvalue weighted by Crippen LogP contribution is 2.22. The van der Waals surface area contributed by atoms with Gasteiger partial charge in [-0.25, -0.2) is 4.39 Å². The van der Waals surface area contributed by atoms with Gasteiger partial charge in [-0.2, -0.15) is 0 Å². The van der Waals surface area contributed by atoms with E-state index >= 15 is 0 Å². The molecule has 0 fully saturated rings. The van der Waals surface area contributed by atoms with Crippen molar-refractivity contribution in [1.82, 2.24) is 10.6 Å². The van der Waals surface area contributed by atoms with Crippen LogP contribution in [0.4, 0.5) is 4.39 Å². The van der Waals surface area contributed by atoms with Crippen molar-refractivity contribution in [3.8, 4) is 5.75 Å². The monoisotopic (exact) mass is 464 g/mol. The molecule has 2 amide bonds. The molecule has 0 spiro atoms. The third-order valence-electron chi connectivity index (χ3n) is 4.79. The standard InChI is InChI=1S/C24H30ClFN2O4/c1-24(2,3)17-6-4-16(5-7-17)14-28-22(30)12-18(29)10-11-27-23(31)15-32-19-8-9-20(25)21(26)13-19/h4-9,13,18,29H,10-12,14-15H2,1-3H3,(H,27,31)(H,28,30). The summed E-state index contributed by atoms with van der Waals surface area (Å²) < 4.78 is 18.5. The molecule has 0 saturated carbocycles. The Labute approximate surface area is 193 Å². The van der Waals surface area contributed by atoms with Crippen LogP contribution in [0.25, 0.3) is 0 Å². The maximum Gasteiger partial charge on any atom is 0.257 e. The van der Waals surface area contributed by atoms with Crippen LogP contribution in [0.1, 0.15) is 44.7 Å². The molecule has 0 bridgehead atoms. The Kier molecular flexibility index (Phi) is 9.47. The summed E-state index contributed by atoms with van der Waals surface area (Å²) in [6.45, 7) is 6.69. The van der Waals surface area contributed by atoms with E-state index in [0.29, 0.717) is 6.54 Å². The third-order valence-corrected chi connectivity index (χ3v) is 5.10. The SMILES string of the molecule is CC(C)(C)c1ccc(CNC(=O)CC(O)CCNC(=O)COc2ccc(Cl)c(F)c2)cc1. The van der Waals surface area contributed by atoms with E-state index in [1.54, 1.807) is 0 Å². The van der Waals surface area contributed by atoms with E-state index < -0.39 is 17.8 Å². The van der Waals surface area contributed by atoms with Gasteiger partial charge in [0.05, 0.1) is 17.5 Å². The fourth-order valence-corrected chi connectivity index (χ4v) is 2.97. The first-order valence-corrected chi connectivity index (χ1v) is 10.8. The molecule has 1 unspecified atom stereocenters. The van der Waals surface area contributed by atoms with E-state index in [-0.39, 0.29) is 48.1 Å². The van der Waals surface area contributed by atoms with Crippen LogP contribution in [0.3, 0.4) is 0 Å². The molecule has 3 N–H and O–H groups in total. The lowest BCUT2D eigenvalue weighted by Crippen LogP contribution is -2.33. The average molecular weight is 465 g/mol. The number of halogens is 2. The molecule has 2 rings (SSSR count). The first-order chi connectivity index (χ1) is 15.0. The van der Waals surface area contributed by atoms with Crippen LogP contribution in [0.2, 0.25) is 5.02 Å². The number of rotatable bonds is 10. The third kappa shape index (κ3) is 8.85. The fraction of sp³-hybridized carbons (Fsp3) is 0.417. The van der Waals surface area contributed by atoms with Crippen LogP contribution in [-0.4, -0.2) is 36.2 Å². The van der Waals surface area contributed by atoms with Gasteiger partial charge in [-0.05, 0) is 35.1 Å². The molecule has 0 aliphatic heterocycles. The van der Waals surface area contributed by atoms with Gasteiger partial charge in [0.1, 0.15) is 11.6 Å². The van der Waals surface area contributed by atoms with Crippen LogP contribution in [0.5, 0.6) is 5.75 Å². The lowest BCUT2D eigenvalue weighted by Gasteiger charge is -2.19. The number of hydrogen-bond donors (Lipinski definition) is 3. The molecule has 32 heavy (non-hydrogen) atoms. The first kappa shape index (κ1) is 25.6. The number of carbonyl (C=O) groups excluding carboxylic acids is 2. The maximum atomic E-state index is 13.3. The predicted molar refractivity (Wildman–Crippen MR) is 122 cm³/mol. The molecule has 0 radical (unpaired) electrons. The number of benzene rings is 2. The minimum atomic E-state index is -0.884. The zero-order chi connectivity index (χ0) is 23.7. The van der Waals surface area contributed by atoms with Crippen LogP contribution >= 0.6 is 11.6 Å². The maximum absolute atomic E-state index is 13.3. The minimum absolute atomic E-state index is 0.0294. The molecule has 0 aromatic heterocycles. The van der Waals surface area contributed by atoms with E-state index in [1.165, 1.54) is 17.7 Å². The minimum Gasteiger partial charge on any atom is -0.484 e. The fourth-order valence-electron chi connectivity index (χ4n) is 2.86. The van der Waals surface area contributed by atoms with Gasteiger partial charge in [-0.15, -0.1) is 0 Å². The van der Waals surface area contributed by atoms with Crippen LogP contribution < -0.4 is 15.4 Å². The van der Waals surface area contributed by atoms with Crippen molar-refractivity contribution in [1.29, 1.82) is 0 Å². The molecule has 8 heteroatoms. The van der Waals surface area contributed by atoms with Gasteiger partial charge in [-0.1, -0.05) is 56.6 Å². The van der Waals surface area contributed by atoms with Gasteiger partial charge >= 0.3 is 0 Å². The summed E-state index contributed by atoms with van der Waals surface area (Å²) >= 11 is 5.59. The van der Waals surface area contributed by atoms with E-state index in [0.717, 1.165) is 11.6 Å². The van der Waals surface area contributed by atoms with Crippen molar-refractivity contribution in [2.24, 2.45) is 0 Å². The Hall–Kier alpha value is -2.64. The number of aliphatic hydroxyl groups is 1. The van der Waals surface area contributed by atoms with Gasteiger partial charge in [0.25, 0.3) is 5.91 Å². The second-order valence-electron chi connectivity index (χ2n) is 8.58. The topological polar surface area (TPSA) is 87.7 Å². The van der Waals surface area contributed by atoms with Gasteiger partial charge in [0.15, 0.2) is 6.61 Å². The largest absolute Gasteiger partial charge is 0.484 e. The summed E-state index contributed by atoms with van der Waals surface area (Å²) in [6.07, 6.45) is -0.726. The normalized spacial score (nSPS) is 12.2. The van der Waals surface area contributed by atoms with E-state index in [1.807, 2.05) is 24.3 Å². The number of hydrogen-bond acceptors (Lipinski definition) is 4. The Morgan fingerprint density at radius 3 is 2.41 bits per heavy atom. The van der Waals surface area contributed by atoms with E-state index in [4.69, 9.17) is 16.3 Å². The Morgan fingerprint density at radius 2 is 1.78 bits per heavy atom. The summed E-state index contributed by atoms with van der Waals surface area (Å²) in [6, 6.07) is 11.9. The van der Waals surface area contributed by atoms with Crippen molar-refractivity contribution >= 4 is 23.4 Å². The number of ether oxygens (including phenoxy) is 1. The number of aliphatic hydroxyl groups excluding tert-OH is 1. The smallest absolute Gasteiger partial charge is 0.257 e. The van der Waals surface area contributed by atoms with Crippen LogP contribution in [-0.2, 0) is 21.5 Å². The summed E-state index contributed by atoms with van der Waals surface area (Å²) in [7, 11) is 0. The number of amides is 2. The molecule has 0 saturated heterocycles. The lowest BCUT2D eigenvalue weighted by atomic mass is 9.87. The molecule has 2 aromatic carbocycles. The number of carbonyl (C=O) groups is 2. The van der Waals surface area contributed by atoms with Crippen molar-refractivity contribution in [3.63, 3.8) is 0 Å². The molecule has 0 aliphatic carbocycles. The number of nitrogens with one attached hydrogen (secondary N) is 2. The summed E-state index contributed by atoms with van der Waals surface area (Å²) in [5.41, 5.74) is 2.27. The predicted octanol–water partition coefficient (Wildman–Crippen LogP) is 3.73. The zero-order valence-electron chi connectivity index (χ0n) is 18.6. The second kappa shape index (κ2) is 11.8. The lowest BCUT2D eigenvalue weighted by molar-refractivity contribution is -0.123. The summed E-state index contributed by atoms with van der Waals surface area (Å²) in [5.74, 6) is -1.13. The highest BCUT2D eigenvalue weighted by Gasteiger charge is 2.14. The van der Waals surface area contributed by atoms with Crippen molar-refractivity contribution in [3.05, 3.63) is 64.4 Å². The second-order valence-corrected chi connectivity index (χ2v) is 8.99. The molecule has 2 aromatic rings. The van der Waals surface area contributed by atoms with Gasteiger partial charge in [-0.3, -0.25) is 9.59 Å². The summed E-state index contributed by atoms with van der Waals surface area (Å²) in [5, 5.41) is 15.4. The molecule has 174 valence electrons. The van der Waals surface area contributed by atoms with Crippen LogP contribution in [0, 0.1) is 5.82 Å². The molecule has 0 heterocycles. The Bertz CT molecular complexity index is 913. The van der Waals surface area contributed by atoms with Gasteiger partial charge in [0.2, 0.25) is 5.91 Å². The Balaban J connectivity index is 1.62. The highest BCUT2D eigenvalue weighted by atomic mass is 35.5. The van der Waals surface area contributed by atoms with E-state index in [9.17, 15) is 19.1 Å². The molecule has 6 nitrogen and oxygen atoms in total. The molecular formula is C24H30ClFN2O4. The quantitative estimate of drug-likeness (QED) is 0.500. The molecule has 0 aliphatic rings. The van der Waals surface area contributed by atoms with E-state index in [2.05, 4.69) is 31.4 Å². The Morgan fingerprint density at radius 1 is 1.09 bits per heavy atom. The molecular weight excluding hydrogens is 435 g/mol. The summed E-state index contributed by atoms with van der Waals surface area (Å²) in [4.78, 5) is 23.8. The van der Waals surface area contributed by atoms with Crippen molar-refractivity contribution in [2.75, 3.05) is 13.2 Å². The van der Waals surface area contributed by atoms with Gasteiger partial charge < -0.3 is 20.5 Å². The zero-order valence-corrected chi connectivity index (χ0v) is 19.3. The highest BCUT2D eigenvalue weighted by molar-refractivity contribution is 6.30. The molecule has 1 atom stereocenters.